The summed E-state index contributed by atoms with van der Waals surface area (Å²) in [6.07, 6.45) is -6.67. The highest BCUT2D eigenvalue weighted by Crippen LogP contribution is 2.25. The molecule has 19 atom stereocenters. The number of nitrogens with two attached hydrogens (primary N) is 1. The quantitative estimate of drug-likeness (QED) is 0.0275. The van der Waals surface area contributed by atoms with Crippen LogP contribution in [0.4, 0.5) is 0 Å². The molecule has 0 bridgehead atoms. The fourth-order valence-corrected chi connectivity index (χ4v) is 13.3. The Labute approximate surface area is 663 Å². The number of hydrogen-bond donors (Lipinski definition) is 20. The Bertz CT molecular complexity index is 3400. The van der Waals surface area contributed by atoms with Gasteiger partial charge in [-0.05, 0) is 104 Å². The highest BCUT2D eigenvalue weighted by molar-refractivity contribution is 6.00. The van der Waals surface area contributed by atoms with E-state index in [1.165, 1.54) is 45.0 Å². The molecule has 0 unspecified atom stereocenters. The number of carbonyl (C=O) groups is 15. The molecular weight excluding hydrogens is 1490 g/mol. The van der Waals surface area contributed by atoms with Gasteiger partial charge in [-0.3, -0.25) is 67.1 Å². The molecule has 3 fully saturated rings. The maximum atomic E-state index is 14.8. The molecule has 1 aromatic rings. The van der Waals surface area contributed by atoms with Crippen LogP contribution in [0, 0.1) is 5.92 Å². The molecule has 3 aliphatic heterocycles. The van der Waals surface area contributed by atoms with Crippen molar-refractivity contribution < 1.29 is 118 Å². The van der Waals surface area contributed by atoms with E-state index in [2.05, 4.69) is 65.4 Å². The first-order chi connectivity index (χ1) is 53.6. The third kappa shape index (κ3) is 31.9. The van der Waals surface area contributed by atoms with Gasteiger partial charge in [-0.2, -0.15) is 0 Å². The molecule has 0 spiro atoms. The third-order valence-corrected chi connectivity index (χ3v) is 19.7. The van der Waals surface area contributed by atoms with Crippen molar-refractivity contribution in [2.45, 2.75) is 293 Å². The van der Waals surface area contributed by atoms with Gasteiger partial charge < -0.3 is 125 Å². The van der Waals surface area contributed by atoms with Gasteiger partial charge in [-0.15, -0.1) is 0 Å². The van der Waals surface area contributed by atoms with Gasteiger partial charge >= 0.3 is 5.97 Å². The molecule has 39 heteroatoms. The average molecular weight is 1620 g/mol. The van der Waals surface area contributed by atoms with E-state index in [0.717, 1.165) is 90.4 Å². The Morgan fingerprint density at radius 3 is 1.64 bits per heavy atom. The lowest BCUT2D eigenvalue weighted by atomic mass is 9.99. The summed E-state index contributed by atoms with van der Waals surface area (Å²) in [4.78, 5) is 214. The van der Waals surface area contributed by atoms with Crippen molar-refractivity contribution in [1.82, 2.24) is 73.2 Å². The minimum Gasteiger partial charge on any atom is -0.508 e. The third-order valence-electron chi connectivity index (χ3n) is 19.7. The second kappa shape index (κ2) is 48.2. The van der Waals surface area contributed by atoms with E-state index in [1.54, 1.807) is 19.0 Å². The average Bonchev–Trinajstić information content (AvgIpc) is 1.63. The number of ether oxygens (including phenoxy) is 1. The summed E-state index contributed by atoms with van der Waals surface area (Å²) in [5.74, 6) is -17.8. The molecule has 1 aromatic carbocycles. The Balaban J connectivity index is 1.84. The first-order valence-corrected chi connectivity index (χ1v) is 39.2. The standard InChI is InChI=1S/C75H123N15O24/c1-11-12-13-14-15-16-17-18-19-20-21-23-48-34-55(100)82-59(41(5)91)69(107)79-40(4)65(103)81-50(32-45-25-27-46(95)28-26-45)66(104)84-58(39(2)3)73(111)90-37-47(96)33-51(90)67(105)85-61(43(7)93)71(109)86-62(44(8)94)74(112)89-31-29-52(97)64(89)72(110)87-63(53(98)35-54(76)99)68(106)78-36-56(101)83-60(42(6)92)70(108)80-49(75(113)114-48)24-22-30-77-57(102)38-88(9)10/h25-28,39-44,47-53,58-64,91-98H,11-24,29-38H2,1-10H3,(H2,76,99)(H,77,102)(H,78,106)(H,79,107)(H,80,108)(H,81,103)(H,82,100)(H,83,101)(H,84,104)(H,85,105)(H,86,109)(H,87,110)/t40-,41-,42-,43-,44-,47-,48-,49+,50+,51+,52+,53-,58+,59-,60-,61-,62+,63+,64+/m1/s1. The van der Waals surface area contributed by atoms with Crippen molar-refractivity contribution in [3.05, 3.63) is 29.8 Å². The molecule has 0 radical (unpaired) electrons. The van der Waals surface area contributed by atoms with Gasteiger partial charge in [0.1, 0.15) is 78.3 Å². The van der Waals surface area contributed by atoms with Crippen LogP contribution in [0.2, 0.25) is 0 Å². The SMILES string of the molecule is CCCCCCCCCCCCC[C@@H]1CC(=O)N[C@H]([C@@H](C)O)C(=O)N[C@H](C)C(=O)N[C@@H](Cc2ccc(O)cc2)C(=O)N[C@@H](C(C)C)C(=O)N2C[C@H](O)C[C@H]2C(=O)N[C@H]([C@@H](C)O)C(=O)N[C@@H]([C@@H](C)O)C(=O)N2CC[C@H](O)[C@H]2C(=O)N[C@@H]([C@H](O)CC(N)=O)C(=O)NCC(=O)N[C@H]([C@@H](C)O)C(=O)N[C@@H](CCCNC(=O)CN(C)C)C(=O)O1. The van der Waals surface area contributed by atoms with Crippen LogP contribution in [0.1, 0.15) is 177 Å². The maximum absolute atomic E-state index is 14.8. The van der Waals surface area contributed by atoms with E-state index in [-0.39, 0.29) is 50.9 Å². The number of cyclic esters (lactones) is 1. The number of amides is 14. The van der Waals surface area contributed by atoms with E-state index >= 15 is 0 Å². The lowest BCUT2D eigenvalue weighted by Crippen LogP contribution is -2.64. The number of unbranched alkanes of at least 4 members (excludes halogenated alkanes) is 10. The van der Waals surface area contributed by atoms with E-state index in [0.29, 0.717) is 23.3 Å². The number of phenolic OH excluding ortho intramolecular Hbond substituents is 1. The van der Waals surface area contributed by atoms with Crippen molar-refractivity contribution in [1.29, 1.82) is 0 Å². The van der Waals surface area contributed by atoms with Crippen molar-refractivity contribution in [2.24, 2.45) is 11.7 Å². The van der Waals surface area contributed by atoms with Gasteiger partial charge in [-0.1, -0.05) is 97.1 Å². The molecule has 0 aliphatic carbocycles. The lowest BCUT2D eigenvalue weighted by molar-refractivity contribution is -0.155. The minimum absolute atomic E-state index is 0.0129. The molecule has 0 aromatic heterocycles. The van der Waals surface area contributed by atoms with Crippen LogP contribution in [-0.2, 0) is 83.1 Å². The summed E-state index contributed by atoms with van der Waals surface area (Å²) in [7, 11) is 3.31. The first kappa shape index (κ1) is 97.1. The molecule has 642 valence electrons. The summed E-state index contributed by atoms with van der Waals surface area (Å²) in [6, 6.07) is -14.6. The number of hydrogen-bond acceptors (Lipinski definition) is 25. The van der Waals surface area contributed by atoms with Crippen LogP contribution in [0.15, 0.2) is 24.3 Å². The predicted molar refractivity (Wildman–Crippen MR) is 408 cm³/mol. The molecule has 3 saturated heterocycles. The zero-order chi connectivity index (χ0) is 85.4. The maximum Gasteiger partial charge on any atom is 0.328 e. The summed E-state index contributed by atoms with van der Waals surface area (Å²) in [6.45, 7) is 8.54. The molecule has 114 heavy (non-hydrogen) atoms. The van der Waals surface area contributed by atoms with Crippen LogP contribution >= 0.6 is 0 Å². The number of nitrogens with one attached hydrogen (secondary N) is 11. The predicted octanol–water partition coefficient (Wildman–Crippen LogP) is -5.75. The normalized spacial score (nSPS) is 27.3. The van der Waals surface area contributed by atoms with Crippen molar-refractivity contribution in [2.75, 3.05) is 46.8 Å². The number of phenols is 1. The number of primary amides is 1. The van der Waals surface area contributed by atoms with E-state index in [1.807, 2.05) is 0 Å². The van der Waals surface area contributed by atoms with Crippen LogP contribution < -0.4 is 64.2 Å². The molecule has 3 aliphatic rings. The number of esters is 1. The number of nitrogens with zero attached hydrogens (tertiary/aromatic N) is 3. The van der Waals surface area contributed by atoms with Gasteiger partial charge in [0.2, 0.25) is 82.7 Å². The highest BCUT2D eigenvalue weighted by atomic mass is 16.5. The van der Waals surface area contributed by atoms with Crippen LogP contribution in [0.5, 0.6) is 5.75 Å². The molecule has 21 N–H and O–H groups in total. The van der Waals surface area contributed by atoms with Crippen molar-refractivity contribution in [3.63, 3.8) is 0 Å². The molecule has 14 amide bonds. The van der Waals surface area contributed by atoms with Crippen molar-refractivity contribution >= 4 is 88.7 Å². The molecule has 4 rings (SSSR count). The zero-order valence-corrected chi connectivity index (χ0v) is 66.9. The van der Waals surface area contributed by atoms with E-state index in [9.17, 15) is 113 Å². The Morgan fingerprint density at radius 1 is 0.570 bits per heavy atom. The topological polar surface area (TPSA) is 595 Å². The minimum atomic E-state index is -2.24. The number of aliphatic hydroxyl groups is 7. The smallest absolute Gasteiger partial charge is 0.328 e. The summed E-state index contributed by atoms with van der Waals surface area (Å²) >= 11 is 0. The number of aliphatic hydroxyl groups excluding tert-OH is 7. The van der Waals surface area contributed by atoms with Gasteiger partial charge in [-0.25, -0.2) is 4.79 Å². The Hall–Kier alpha value is -9.25. The summed E-state index contributed by atoms with van der Waals surface area (Å²) in [5.41, 5.74) is 5.71. The van der Waals surface area contributed by atoms with Crippen LogP contribution in [0.25, 0.3) is 0 Å². The van der Waals surface area contributed by atoms with E-state index < -0.39 is 249 Å². The van der Waals surface area contributed by atoms with Gasteiger partial charge in [0.05, 0.1) is 68.7 Å². The van der Waals surface area contributed by atoms with Gasteiger partial charge in [0, 0.05) is 32.5 Å². The molecule has 39 nitrogen and oxygen atoms in total. The highest BCUT2D eigenvalue weighted by Gasteiger charge is 2.48. The zero-order valence-electron chi connectivity index (χ0n) is 66.9. The van der Waals surface area contributed by atoms with E-state index in [4.69, 9.17) is 10.5 Å². The number of fused-ring (bicyclic) bond motifs is 2. The van der Waals surface area contributed by atoms with Crippen LogP contribution in [-0.4, -0.2) is 306 Å². The monoisotopic (exact) mass is 1620 g/mol. The molecule has 0 saturated carbocycles. The van der Waals surface area contributed by atoms with Crippen LogP contribution in [0.3, 0.4) is 0 Å². The fraction of sp³-hybridized carbons (Fsp3) is 0.720. The lowest BCUT2D eigenvalue weighted by Gasteiger charge is -2.34. The second-order valence-electron chi connectivity index (χ2n) is 30.5. The number of rotatable bonds is 28. The summed E-state index contributed by atoms with van der Waals surface area (Å²) < 4.78 is 6.03. The Morgan fingerprint density at radius 2 is 1.08 bits per heavy atom. The first-order valence-electron chi connectivity index (χ1n) is 39.2. The molecule has 3 heterocycles. The van der Waals surface area contributed by atoms with Crippen molar-refractivity contribution in [3.8, 4) is 5.75 Å². The fourth-order valence-electron chi connectivity index (χ4n) is 13.3. The number of aromatic hydroxyl groups is 1. The second-order valence-corrected chi connectivity index (χ2v) is 30.5. The number of benzene rings is 1. The Kier molecular flexibility index (Phi) is 41.1. The van der Waals surface area contributed by atoms with Gasteiger partial charge in [0.15, 0.2) is 0 Å². The summed E-state index contributed by atoms with van der Waals surface area (Å²) in [5, 5.41) is 114. The number of carbonyl (C=O) groups excluding carboxylic acids is 15. The number of likely N-dealkylation sites (N-methyl/N-ethyl adjacent to an activating group) is 1. The largest absolute Gasteiger partial charge is 0.508 e. The molecular formula is C75H123N15O24. The van der Waals surface area contributed by atoms with Gasteiger partial charge in [0.25, 0.3) is 0 Å².